The fraction of sp³-hybridized carbons (Fsp3) is 0.300. The topological polar surface area (TPSA) is 29.1 Å². The van der Waals surface area contributed by atoms with Gasteiger partial charge >= 0.3 is 0 Å². The molecule has 0 unspecified atom stereocenters. The molecule has 1 aromatic carbocycles. The third kappa shape index (κ3) is 3.24. The van der Waals surface area contributed by atoms with Crippen LogP contribution in [0.2, 0.25) is 0 Å². The fourth-order valence-corrected chi connectivity index (χ4v) is 1.56. The van der Waals surface area contributed by atoms with Gasteiger partial charge in [0, 0.05) is 4.90 Å². The Bertz CT molecular complexity index is 386. The first-order chi connectivity index (χ1) is 7.35. The Balaban J connectivity index is 2.80. The first-order valence-electron chi connectivity index (χ1n) is 4.40. The van der Waals surface area contributed by atoms with Crippen molar-refractivity contribution < 1.29 is 18.0 Å². The zero-order valence-electron chi connectivity index (χ0n) is 8.68. The lowest BCUT2D eigenvalue weighted by Gasteiger charge is -2.17. The van der Waals surface area contributed by atoms with E-state index in [4.69, 9.17) is 0 Å². The Morgan fingerprint density at radius 2 is 1.75 bits per heavy atom. The van der Waals surface area contributed by atoms with Crippen LogP contribution in [0.1, 0.15) is 13.8 Å². The van der Waals surface area contributed by atoms with Crippen LogP contribution < -0.4 is 4.72 Å². The van der Waals surface area contributed by atoms with Crippen molar-refractivity contribution in [3.8, 4) is 0 Å². The molecule has 16 heavy (non-hydrogen) atoms. The smallest absolute Gasteiger partial charge is 0.194 e. The second-order valence-corrected chi connectivity index (χ2v) is 4.62. The molecule has 0 aliphatic heterocycles. The predicted molar refractivity (Wildman–Crippen MR) is 55.5 cm³/mol. The van der Waals surface area contributed by atoms with E-state index in [9.17, 15) is 18.0 Å². The highest BCUT2D eigenvalue weighted by atomic mass is 32.2. The van der Waals surface area contributed by atoms with Crippen LogP contribution in [-0.4, -0.2) is 11.8 Å². The molecule has 0 bridgehead atoms. The molecule has 1 N–H and O–H groups in total. The van der Waals surface area contributed by atoms with E-state index in [1.807, 2.05) is 0 Å². The van der Waals surface area contributed by atoms with Crippen LogP contribution in [0.15, 0.2) is 17.0 Å². The van der Waals surface area contributed by atoms with E-state index in [0.717, 1.165) is 24.1 Å². The van der Waals surface area contributed by atoms with Crippen LogP contribution in [0.5, 0.6) is 0 Å². The summed E-state index contributed by atoms with van der Waals surface area (Å²) in [6.07, 6.45) is 0.663. The highest BCUT2D eigenvalue weighted by Crippen LogP contribution is 2.22. The summed E-state index contributed by atoms with van der Waals surface area (Å²) in [7, 11) is 0. The van der Waals surface area contributed by atoms with Gasteiger partial charge in [-0.3, -0.25) is 0 Å². The lowest BCUT2D eigenvalue weighted by Crippen LogP contribution is -2.35. The molecule has 0 saturated heterocycles. The third-order valence-electron chi connectivity index (χ3n) is 1.68. The lowest BCUT2D eigenvalue weighted by atomic mass is 10.1. The van der Waals surface area contributed by atoms with Crippen molar-refractivity contribution in [2.24, 2.45) is 0 Å². The summed E-state index contributed by atoms with van der Waals surface area (Å²) in [6.45, 7) is 3.20. The molecular formula is C10H10F3NOS. The first kappa shape index (κ1) is 13.1. The fourth-order valence-electron chi connectivity index (χ4n) is 0.806. The minimum Gasteiger partial charge on any atom is -0.301 e. The number of rotatable bonds is 4. The van der Waals surface area contributed by atoms with Gasteiger partial charge in [0.1, 0.15) is 6.29 Å². The van der Waals surface area contributed by atoms with Gasteiger partial charge in [0.2, 0.25) is 0 Å². The summed E-state index contributed by atoms with van der Waals surface area (Å²) in [5.41, 5.74) is -0.827. The van der Waals surface area contributed by atoms with Crippen LogP contribution in [-0.2, 0) is 4.79 Å². The summed E-state index contributed by atoms with van der Waals surface area (Å²) >= 11 is 0.861. The molecular weight excluding hydrogens is 239 g/mol. The SMILES string of the molecule is CC(C)(C=O)NSc1cc(F)c(F)c(F)c1. The van der Waals surface area contributed by atoms with Gasteiger partial charge in [0.15, 0.2) is 17.5 Å². The summed E-state index contributed by atoms with van der Waals surface area (Å²) in [5, 5.41) is 0. The molecule has 0 fully saturated rings. The molecule has 2 nitrogen and oxygen atoms in total. The van der Waals surface area contributed by atoms with Crippen molar-refractivity contribution in [2.75, 3.05) is 0 Å². The molecule has 1 rings (SSSR count). The van der Waals surface area contributed by atoms with E-state index < -0.39 is 23.0 Å². The van der Waals surface area contributed by atoms with Crippen LogP contribution >= 0.6 is 11.9 Å². The van der Waals surface area contributed by atoms with E-state index in [1.54, 1.807) is 13.8 Å². The van der Waals surface area contributed by atoms with Crippen molar-refractivity contribution in [2.45, 2.75) is 24.3 Å². The van der Waals surface area contributed by atoms with Crippen LogP contribution in [0.25, 0.3) is 0 Å². The van der Waals surface area contributed by atoms with Gasteiger partial charge in [-0.2, -0.15) is 0 Å². The minimum atomic E-state index is -1.50. The van der Waals surface area contributed by atoms with Gasteiger partial charge in [-0.25, -0.2) is 17.9 Å². The van der Waals surface area contributed by atoms with Crippen molar-refractivity contribution in [1.29, 1.82) is 0 Å². The van der Waals surface area contributed by atoms with E-state index in [0.29, 0.717) is 6.29 Å². The largest absolute Gasteiger partial charge is 0.301 e. The Kier molecular flexibility index (Phi) is 3.98. The molecule has 0 amide bonds. The average molecular weight is 249 g/mol. The maximum atomic E-state index is 12.8. The molecule has 0 spiro atoms. The normalized spacial score (nSPS) is 11.6. The van der Waals surface area contributed by atoms with Crippen molar-refractivity contribution >= 4 is 18.2 Å². The highest BCUT2D eigenvalue weighted by Gasteiger charge is 2.17. The second kappa shape index (κ2) is 4.88. The van der Waals surface area contributed by atoms with Crippen molar-refractivity contribution in [3.63, 3.8) is 0 Å². The Labute approximate surface area is 95.4 Å². The molecule has 88 valence electrons. The number of halogens is 3. The number of hydrogen-bond donors (Lipinski definition) is 1. The quantitative estimate of drug-likeness (QED) is 0.505. The average Bonchev–Trinajstić information content (AvgIpc) is 2.23. The molecule has 0 radical (unpaired) electrons. The standard InChI is InChI=1S/C10H10F3NOS/c1-10(2,5-15)14-16-6-3-7(11)9(13)8(12)4-6/h3-5,14H,1-2H3. The maximum Gasteiger partial charge on any atom is 0.194 e. The molecule has 0 saturated carbocycles. The Morgan fingerprint density at radius 3 is 2.19 bits per heavy atom. The van der Waals surface area contributed by atoms with E-state index in [-0.39, 0.29) is 4.90 Å². The first-order valence-corrected chi connectivity index (χ1v) is 5.22. The van der Waals surface area contributed by atoms with E-state index >= 15 is 0 Å². The zero-order valence-corrected chi connectivity index (χ0v) is 9.50. The summed E-state index contributed by atoms with van der Waals surface area (Å²) in [5.74, 6) is -4.01. The van der Waals surface area contributed by atoms with Crippen LogP contribution in [0, 0.1) is 17.5 Å². The molecule has 0 aliphatic rings. The van der Waals surface area contributed by atoms with Gasteiger partial charge in [-0.1, -0.05) is 0 Å². The van der Waals surface area contributed by atoms with Gasteiger partial charge in [0.25, 0.3) is 0 Å². The molecule has 0 aliphatic carbocycles. The number of hydrogen-bond acceptors (Lipinski definition) is 3. The van der Waals surface area contributed by atoms with Crippen LogP contribution in [0.4, 0.5) is 13.2 Å². The number of carbonyl (C=O) groups excluding carboxylic acids is 1. The van der Waals surface area contributed by atoms with Gasteiger partial charge in [-0.15, -0.1) is 0 Å². The predicted octanol–water partition coefficient (Wildman–Crippen LogP) is 2.68. The highest BCUT2D eigenvalue weighted by molar-refractivity contribution is 7.97. The molecule has 1 aromatic rings. The number of carbonyl (C=O) groups is 1. The van der Waals surface area contributed by atoms with E-state index in [1.165, 1.54) is 0 Å². The molecule has 0 aromatic heterocycles. The Hall–Kier alpha value is -1.01. The van der Waals surface area contributed by atoms with Gasteiger partial charge < -0.3 is 4.79 Å². The van der Waals surface area contributed by atoms with Crippen molar-refractivity contribution in [3.05, 3.63) is 29.6 Å². The van der Waals surface area contributed by atoms with Gasteiger partial charge in [-0.05, 0) is 37.9 Å². The lowest BCUT2D eigenvalue weighted by molar-refractivity contribution is -0.111. The molecule has 0 atom stereocenters. The molecule has 6 heteroatoms. The number of aldehydes is 1. The second-order valence-electron chi connectivity index (χ2n) is 3.74. The maximum absolute atomic E-state index is 12.8. The monoisotopic (exact) mass is 249 g/mol. The Morgan fingerprint density at radius 1 is 1.25 bits per heavy atom. The summed E-state index contributed by atoms with van der Waals surface area (Å²) in [4.78, 5) is 10.7. The van der Waals surface area contributed by atoms with Crippen molar-refractivity contribution in [1.82, 2.24) is 4.72 Å². The third-order valence-corrected chi connectivity index (χ3v) is 2.78. The number of nitrogens with one attached hydrogen (secondary N) is 1. The van der Waals surface area contributed by atoms with E-state index in [2.05, 4.69) is 4.72 Å². The summed E-state index contributed by atoms with van der Waals surface area (Å²) < 4.78 is 40.9. The van der Waals surface area contributed by atoms with Gasteiger partial charge in [0.05, 0.1) is 5.54 Å². The molecule has 0 heterocycles. The zero-order chi connectivity index (χ0) is 12.3. The summed E-state index contributed by atoms with van der Waals surface area (Å²) in [6, 6.07) is 1.72. The minimum absolute atomic E-state index is 0.159. The van der Waals surface area contributed by atoms with Crippen LogP contribution in [0.3, 0.4) is 0 Å². The number of benzene rings is 1.